The van der Waals surface area contributed by atoms with Gasteiger partial charge in [-0.3, -0.25) is 14.3 Å². The highest BCUT2D eigenvalue weighted by Crippen LogP contribution is 2.12. The van der Waals surface area contributed by atoms with Gasteiger partial charge in [0.15, 0.2) is 0 Å². The van der Waals surface area contributed by atoms with Gasteiger partial charge in [-0.25, -0.2) is 9.48 Å². The van der Waals surface area contributed by atoms with Gasteiger partial charge in [-0.15, -0.1) is 0 Å². The van der Waals surface area contributed by atoms with E-state index in [1.807, 2.05) is 18.2 Å². The number of hydrogen-bond acceptors (Lipinski definition) is 4. The van der Waals surface area contributed by atoms with Gasteiger partial charge in [-0.05, 0) is 12.5 Å². The van der Waals surface area contributed by atoms with E-state index in [2.05, 4.69) is 35.1 Å². The van der Waals surface area contributed by atoms with Crippen molar-refractivity contribution in [3.8, 4) is 0 Å². The molecule has 3 rings (SSSR count). The van der Waals surface area contributed by atoms with Gasteiger partial charge < -0.3 is 4.90 Å². The second kappa shape index (κ2) is 7.70. The van der Waals surface area contributed by atoms with Crippen molar-refractivity contribution in [3.63, 3.8) is 0 Å². The van der Waals surface area contributed by atoms with Crippen molar-refractivity contribution in [3.05, 3.63) is 57.8 Å². The van der Waals surface area contributed by atoms with Crippen LogP contribution in [-0.2, 0) is 24.4 Å². The van der Waals surface area contributed by atoms with Crippen LogP contribution < -0.4 is 5.69 Å². The van der Waals surface area contributed by atoms with Gasteiger partial charge in [0, 0.05) is 33.7 Å². The molecule has 1 aromatic carbocycles. The van der Waals surface area contributed by atoms with Gasteiger partial charge in [0.05, 0.1) is 6.54 Å². The van der Waals surface area contributed by atoms with Gasteiger partial charge in [0.25, 0.3) is 0 Å². The first-order valence-electron chi connectivity index (χ1n) is 8.75. The maximum atomic E-state index is 12.4. The average Bonchev–Trinajstić information content (AvgIpc) is 2.91. The number of aromatic nitrogens is 3. The van der Waals surface area contributed by atoms with Crippen molar-refractivity contribution in [2.45, 2.75) is 26.6 Å². The fourth-order valence-corrected chi connectivity index (χ4v) is 3.09. The van der Waals surface area contributed by atoms with Crippen LogP contribution in [0.15, 0.2) is 40.7 Å². The van der Waals surface area contributed by atoms with Crippen LogP contribution in [0.25, 0.3) is 6.08 Å². The van der Waals surface area contributed by atoms with Crippen molar-refractivity contribution >= 4 is 12.0 Å². The molecule has 2 heterocycles. The van der Waals surface area contributed by atoms with E-state index in [9.17, 15) is 9.59 Å². The summed E-state index contributed by atoms with van der Waals surface area (Å²) >= 11 is 0. The number of carbonyl (C=O) groups is 1. The Bertz CT molecular complexity index is 864. The molecule has 0 atom stereocenters. The number of rotatable bonds is 5. The molecule has 1 aliphatic heterocycles. The van der Waals surface area contributed by atoms with Crippen molar-refractivity contribution in [1.82, 2.24) is 24.1 Å². The summed E-state index contributed by atoms with van der Waals surface area (Å²) in [6.45, 7) is 4.93. The third-order valence-corrected chi connectivity index (χ3v) is 4.47. The van der Waals surface area contributed by atoms with Crippen molar-refractivity contribution in [1.29, 1.82) is 0 Å². The third kappa shape index (κ3) is 4.11. The Morgan fingerprint density at radius 2 is 1.92 bits per heavy atom. The molecule has 0 radical (unpaired) electrons. The van der Waals surface area contributed by atoms with Gasteiger partial charge in [0.2, 0.25) is 5.91 Å². The molecule has 0 unspecified atom stereocenters. The summed E-state index contributed by atoms with van der Waals surface area (Å²) in [5, 5.41) is 4.37. The van der Waals surface area contributed by atoms with Crippen LogP contribution in [0.1, 0.15) is 18.3 Å². The Kier molecular flexibility index (Phi) is 5.37. The van der Waals surface area contributed by atoms with Crippen molar-refractivity contribution in [2.75, 3.05) is 27.2 Å². The third-order valence-electron chi connectivity index (χ3n) is 4.47. The molecule has 1 aliphatic rings. The van der Waals surface area contributed by atoms with E-state index in [-0.39, 0.29) is 18.1 Å². The number of likely N-dealkylation sites (N-methyl/N-ethyl adjacent to an activating group) is 1. The first-order chi connectivity index (χ1) is 12.4. The zero-order valence-corrected chi connectivity index (χ0v) is 15.6. The molecule has 7 heteroatoms. The largest absolute Gasteiger partial charge is 0.347 e. The molecule has 0 fully saturated rings. The van der Waals surface area contributed by atoms with E-state index in [0.29, 0.717) is 13.1 Å². The van der Waals surface area contributed by atoms with Crippen LogP contribution in [0.5, 0.6) is 0 Å². The minimum atomic E-state index is -0.202. The molecule has 0 saturated heterocycles. The first kappa shape index (κ1) is 18.1. The van der Waals surface area contributed by atoms with Crippen LogP contribution in [0.4, 0.5) is 0 Å². The molecular weight excluding hydrogens is 330 g/mol. The lowest BCUT2D eigenvalue weighted by atomic mass is 10.1. The second-order valence-corrected chi connectivity index (χ2v) is 6.91. The number of nitrogens with zero attached hydrogens (tertiary/aromatic N) is 5. The zero-order valence-electron chi connectivity index (χ0n) is 15.6. The lowest BCUT2D eigenvalue weighted by Crippen LogP contribution is -2.39. The Morgan fingerprint density at radius 1 is 1.19 bits per heavy atom. The molecule has 0 bridgehead atoms. The van der Waals surface area contributed by atoms with Gasteiger partial charge in [-0.1, -0.05) is 42.0 Å². The maximum Gasteiger partial charge on any atom is 0.346 e. The summed E-state index contributed by atoms with van der Waals surface area (Å²) in [6.07, 6.45) is 2.18. The van der Waals surface area contributed by atoms with Crippen LogP contribution in [0.3, 0.4) is 0 Å². The molecule has 1 aromatic heterocycles. The molecule has 2 aromatic rings. The SMILES string of the molecule is C/C(=C\c1ccccc1)CN1CCn2c(nn(CC(=O)N(C)C)c2=O)C1. The van der Waals surface area contributed by atoms with E-state index in [4.69, 9.17) is 0 Å². The highest BCUT2D eigenvalue weighted by molar-refractivity contribution is 5.75. The smallest absolute Gasteiger partial charge is 0.346 e. The van der Waals surface area contributed by atoms with E-state index in [0.717, 1.165) is 18.9 Å². The van der Waals surface area contributed by atoms with Crippen LogP contribution in [-0.4, -0.2) is 57.2 Å². The number of benzene rings is 1. The number of carbonyl (C=O) groups excluding carboxylic acids is 1. The predicted molar refractivity (Wildman–Crippen MR) is 101 cm³/mol. The second-order valence-electron chi connectivity index (χ2n) is 6.91. The Morgan fingerprint density at radius 3 is 2.62 bits per heavy atom. The minimum absolute atomic E-state index is 0.0151. The molecule has 0 saturated carbocycles. The monoisotopic (exact) mass is 355 g/mol. The summed E-state index contributed by atoms with van der Waals surface area (Å²) in [4.78, 5) is 28.0. The predicted octanol–water partition coefficient (Wildman–Crippen LogP) is 1.05. The molecule has 0 aliphatic carbocycles. The highest BCUT2D eigenvalue weighted by atomic mass is 16.2. The van der Waals surface area contributed by atoms with Crippen LogP contribution in [0.2, 0.25) is 0 Å². The highest BCUT2D eigenvalue weighted by Gasteiger charge is 2.22. The lowest BCUT2D eigenvalue weighted by Gasteiger charge is -2.26. The normalized spacial score (nSPS) is 15.0. The molecule has 0 spiro atoms. The Hall–Kier alpha value is -2.67. The molecule has 26 heavy (non-hydrogen) atoms. The van der Waals surface area contributed by atoms with Crippen molar-refractivity contribution in [2.24, 2.45) is 0 Å². The Balaban J connectivity index is 1.69. The fourth-order valence-electron chi connectivity index (χ4n) is 3.09. The number of hydrogen-bond donors (Lipinski definition) is 0. The number of amides is 1. The molecule has 7 nitrogen and oxygen atoms in total. The van der Waals surface area contributed by atoms with Crippen molar-refractivity contribution < 1.29 is 4.79 Å². The van der Waals surface area contributed by atoms with Gasteiger partial charge >= 0.3 is 5.69 Å². The summed E-state index contributed by atoms with van der Waals surface area (Å²) in [6, 6.07) is 10.2. The topological polar surface area (TPSA) is 63.4 Å². The van der Waals surface area contributed by atoms with E-state index in [1.165, 1.54) is 20.7 Å². The quantitative estimate of drug-likeness (QED) is 0.804. The fraction of sp³-hybridized carbons (Fsp3) is 0.421. The summed E-state index contributed by atoms with van der Waals surface area (Å²) < 4.78 is 2.95. The Labute approximate surface area is 153 Å². The lowest BCUT2D eigenvalue weighted by molar-refractivity contribution is -0.129. The molecule has 138 valence electrons. The van der Waals surface area contributed by atoms with E-state index in [1.54, 1.807) is 18.7 Å². The molecule has 1 amide bonds. The first-order valence-corrected chi connectivity index (χ1v) is 8.75. The minimum Gasteiger partial charge on any atom is -0.347 e. The average molecular weight is 355 g/mol. The number of fused-ring (bicyclic) bond motifs is 1. The summed E-state index contributed by atoms with van der Waals surface area (Å²) in [5.74, 6) is 0.585. The standard InChI is InChI=1S/C19H25N5O2/c1-15(11-16-7-5-4-6-8-16)12-22-9-10-23-17(13-22)20-24(19(23)26)14-18(25)21(2)3/h4-8,11H,9-10,12-14H2,1-3H3/b15-11+. The van der Waals surface area contributed by atoms with E-state index >= 15 is 0 Å². The summed E-state index contributed by atoms with van der Waals surface area (Å²) in [7, 11) is 3.35. The van der Waals surface area contributed by atoms with Gasteiger partial charge in [0.1, 0.15) is 12.4 Å². The molecule has 0 N–H and O–H groups in total. The zero-order chi connectivity index (χ0) is 18.7. The van der Waals surface area contributed by atoms with Gasteiger partial charge in [-0.2, -0.15) is 5.10 Å². The summed E-state index contributed by atoms with van der Waals surface area (Å²) in [5.41, 5.74) is 2.24. The van der Waals surface area contributed by atoms with Crippen LogP contribution in [0, 0.1) is 0 Å². The van der Waals surface area contributed by atoms with E-state index < -0.39 is 0 Å². The molecular formula is C19H25N5O2. The van der Waals surface area contributed by atoms with Crippen LogP contribution >= 0.6 is 0 Å². The maximum absolute atomic E-state index is 12.4.